The van der Waals surface area contributed by atoms with Gasteiger partial charge in [-0.15, -0.1) is 0 Å². The van der Waals surface area contributed by atoms with Gasteiger partial charge in [0.1, 0.15) is 5.75 Å². The molecule has 1 aliphatic heterocycles. The molecule has 85 valence electrons. The molecular formula is C12H14NO3. The van der Waals surface area contributed by atoms with E-state index >= 15 is 0 Å². The third kappa shape index (κ3) is 2.33. The molecule has 0 bridgehead atoms. The molecule has 0 unspecified atom stereocenters. The van der Waals surface area contributed by atoms with E-state index in [9.17, 15) is 4.79 Å². The molecule has 16 heavy (non-hydrogen) atoms. The lowest BCUT2D eigenvalue weighted by atomic mass is 10.0. The van der Waals surface area contributed by atoms with Crippen LogP contribution in [0.1, 0.15) is 24.4 Å². The summed E-state index contributed by atoms with van der Waals surface area (Å²) in [6.45, 7) is 0.886. The minimum Gasteiger partial charge on any atom is -0.437 e. The molecule has 1 aromatic carbocycles. The first-order valence-electron chi connectivity index (χ1n) is 5.32. The number of para-hydroxylation sites is 1. The Kier molecular flexibility index (Phi) is 3.41. The maximum atomic E-state index is 11.1. The Labute approximate surface area is 94.6 Å². The van der Waals surface area contributed by atoms with Gasteiger partial charge in [0, 0.05) is 12.1 Å². The highest BCUT2D eigenvalue weighted by Crippen LogP contribution is 2.31. The van der Waals surface area contributed by atoms with Gasteiger partial charge in [-0.2, -0.15) is 0 Å². The molecule has 0 aliphatic carbocycles. The summed E-state index contributed by atoms with van der Waals surface area (Å²) < 4.78 is 9.57. The maximum absolute atomic E-state index is 11.1. The van der Waals surface area contributed by atoms with Crippen molar-refractivity contribution in [3.8, 4) is 5.75 Å². The summed E-state index contributed by atoms with van der Waals surface area (Å²) in [5, 5.41) is 4.47. The summed E-state index contributed by atoms with van der Waals surface area (Å²) in [7, 11) is 1.30. The number of methoxy groups -OCH3 is 1. The normalized spacial score (nSPS) is 19.4. The maximum Gasteiger partial charge on any atom is 0.513 e. The molecule has 4 heteroatoms. The van der Waals surface area contributed by atoms with Gasteiger partial charge in [0.25, 0.3) is 0 Å². The molecule has 0 spiro atoms. The Balaban J connectivity index is 2.19. The van der Waals surface area contributed by atoms with E-state index in [-0.39, 0.29) is 6.04 Å². The fourth-order valence-corrected chi connectivity index (χ4v) is 1.86. The van der Waals surface area contributed by atoms with Gasteiger partial charge in [-0.05, 0) is 18.9 Å². The van der Waals surface area contributed by atoms with Gasteiger partial charge in [-0.25, -0.2) is 10.1 Å². The minimum atomic E-state index is -0.689. The average molecular weight is 220 g/mol. The van der Waals surface area contributed by atoms with E-state index in [1.54, 1.807) is 6.07 Å². The zero-order chi connectivity index (χ0) is 11.4. The zero-order valence-electron chi connectivity index (χ0n) is 9.18. The standard InChI is InChI=1S/C12H14NO3/c1-15-12(14)16-11-7-3-2-5-9(11)10-6-4-8-13-10/h2-3,5,7,10H,4,6,8H2,1H3/t10-/m0/s1. The van der Waals surface area contributed by atoms with Crippen molar-refractivity contribution in [1.82, 2.24) is 5.32 Å². The molecule has 1 fully saturated rings. The van der Waals surface area contributed by atoms with Crippen LogP contribution < -0.4 is 10.1 Å². The van der Waals surface area contributed by atoms with E-state index in [1.807, 2.05) is 18.2 Å². The summed E-state index contributed by atoms with van der Waals surface area (Å²) in [5.74, 6) is 0.546. The largest absolute Gasteiger partial charge is 0.513 e. The van der Waals surface area contributed by atoms with Gasteiger partial charge < -0.3 is 9.47 Å². The Morgan fingerprint density at radius 3 is 2.94 bits per heavy atom. The van der Waals surface area contributed by atoms with E-state index in [1.165, 1.54) is 7.11 Å². The third-order valence-corrected chi connectivity index (χ3v) is 2.62. The Bertz CT molecular complexity index is 372. The van der Waals surface area contributed by atoms with Gasteiger partial charge in [0.15, 0.2) is 0 Å². The number of rotatable bonds is 2. The summed E-state index contributed by atoms with van der Waals surface area (Å²) in [6.07, 6.45) is 1.42. The molecule has 0 saturated carbocycles. The van der Waals surface area contributed by atoms with Crippen molar-refractivity contribution in [2.75, 3.05) is 13.7 Å². The molecule has 1 heterocycles. The Hall–Kier alpha value is -1.55. The van der Waals surface area contributed by atoms with Crippen LogP contribution >= 0.6 is 0 Å². The first-order valence-corrected chi connectivity index (χ1v) is 5.32. The first kappa shape index (κ1) is 11.0. The minimum absolute atomic E-state index is 0.154. The van der Waals surface area contributed by atoms with Crippen LogP contribution in [0.5, 0.6) is 5.75 Å². The van der Waals surface area contributed by atoms with E-state index in [4.69, 9.17) is 4.74 Å². The molecule has 1 aromatic rings. The number of hydrogen-bond donors (Lipinski definition) is 0. The highest BCUT2D eigenvalue weighted by atomic mass is 16.7. The van der Waals surface area contributed by atoms with Crippen LogP contribution in [-0.4, -0.2) is 19.8 Å². The zero-order valence-corrected chi connectivity index (χ0v) is 9.18. The second-order valence-corrected chi connectivity index (χ2v) is 3.66. The monoisotopic (exact) mass is 220 g/mol. The van der Waals surface area contributed by atoms with Crippen molar-refractivity contribution < 1.29 is 14.3 Å². The lowest BCUT2D eigenvalue weighted by Crippen LogP contribution is -2.12. The van der Waals surface area contributed by atoms with Gasteiger partial charge in [0.2, 0.25) is 0 Å². The second-order valence-electron chi connectivity index (χ2n) is 3.66. The molecule has 2 rings (SSSR count). The van der Waals surface area contributed by atoms with E-state index < -0.39 is 6.16 Å². The number of hydrogen-bond acceptors (Lipinski definition) is 3. The van der Waals surface area contributed by atoms with Crippen LogP contribution in [0.3, 0.4) is 0 Å². The van der Waals surface area contributed by atoms with Crippen LogP contribution in [0.4, 0.5) is 4.79 Å². The number of nitrogens with zero attached hydrogens (tertiary/aromatic N) is 1. The smallest absolute Gasteiger partial charge is 0.437 e. The summed E-state index contributed by atoms with van der Waals surface area (Å²) in [5.41, 5.74) is 0.963. The third-order valence-electron chi connectivity index (χ3n) is 2.62. The highest BCUT2D eigenvalue weighted by Gasteiger charge is 2.22. The predicted octanol–water partition coefficient (Wildman–Crippen LogP) is 2.27. The second kappa shape index (κ2) is 4.99. The Morgan fingerprint density at radius 1 is 1.44 bits per heavy atom. The molecule has 1 radical (unpaired) electrons. The van der Waals surface area contributed by atoms with E-state index in [0.29, 0.717) is 5.75 Å². The summed E-state index contributed by atoms with van der Waals surface area (Å²) in [4.78, 5) is 11.1. The lowest BCUT2D eigenvalue weighted by Gasteiger charge is -2.13. The lowest BCUT2D eigenvalue weighted by molar-refractivity contribution is 0.121. The van der Waals surface area contributed by atoms with Crippen LogP contribution in [0, 0.1) is 0 Å². The van der Waals surface area contributed by atoms with Crippen molar-refractivity contribution in [2.45, 2.75) is 18.9 Å². The molecule has 4 nitrogen and oxygen atoms in total. The van der Waals surface area contributed by atoms with Crippen molar-refractivity contribution in [3.63, 3.8) is 0 Å². The van der Waals surface area contributed by atoms with Crippen molar-refractivity contribution in [2.24, 2.45) is 0 Å². The fraction of sp³-hybridized carbons (Fsp3) is 0.417. The van der Waals surface area contributed by atoms with Gasteiger partial charge in [-0.3, -0.25) is 0 Å². The quantitative estimate of drug-likeness (QED) is 0.567. The molecular weight excluding hydrogens is 206 g/mol. The topological polar surface area (TPSA) is 49.6 Å². The van der Waals surface area contributed by atoms with Crippen molar-refractivity contribution in [1.29, 1.82) is 0 Å². The van der Waals surface area contributed by atoms with Crippen molar-refractivity contribution >= 4 is 6.16 Å². The first-order chi connectivity index (χ1) is 7.81. The van der Waals surface area contributed by atoms with E-state index in [0.717, 1.165) is 24.9 Å². The SMILES string of the molecule is COC(=O)Oc1ccccc1[C@@H]1CCC[N]1. The van der Waals surface area contributed by atoms with Gasteiger partial charge in [0.05, 0.1) is 13.2 Å². The van der Waals surface area contributed by atoms with Crippen LogP contribution in [-0.2, 0) is 4.74 Å². The fourth-order valence-electron chi connectivity index (χ4n) is 1.86. The van der Waals surface area contributed by atoms with E-state index in [2.05, 4.69) is 10.1 Å². The Morgan fingerprint density at radius 2 is 2.25 bits per heavy atom. The van der Waals surface area contributed by atoms with Crippen molar-refractivity contribution in [3.05, 3.63) is 29.8 Å². The van der Waals surface area contributed by atoms with Crippen LogP contribution in [0.25, 0.3) is 0 Å². The molecule has 1 saturated heterocycles. The molecule has 0 amide bonds. The molecule has 1 atom stereocenters. The molecule has 0 N–H and O–H groups in total. The predicted molar refractivity (Wildman–Crippen MR) is 58.5 cm³/mol. The van der Waals surface area contributed by atoms with Crippen LogP contribution in [0.2, 0.25) is 0 Å². The number of ether oxygens (including phenoxy) is 2. The summed E-state index contributed by atoms with van der Waals surface area (Å²) in [6, 6.07) is 7.61. The summed E-state index contributed by atoms with van der Waals surface area (Å²) >= 11 is 0. The number of carbonyl (C=O) groups excluding carboxylic acids is 1. The highest BCUT2D eigenvalue weighted by molar-refractivity contribution is 5.64. The average Bonchev–Trinajstić information content (AvgIpc) is 2.83. The van der Waals surface area contributed by atoms with Gasteiger partial charge >= 0.3 is 6.16 Å². The van der Waals surface area contributed by atoms with Crippen LogP contribution in [0.15, 0.2) is 24.3 Å². The van der Waals surface area contributed by atoms with Gasteiger partial charge in [-0.1, -0.05) is 18.2 Å². The molecule has 0 aromatic heterocycles. The number of carbonyl (C=O) groups is 1. The number of benzene rings is 1. The molecule has 1 aliphatic rings.